The highest BCUT2D eigenvalue weighted by Crippen LogP contribution is 2.59. The number of aliphatic hydroxyl groups excluding tert-OH is 1. The Labute approximate surface area is 228 Å². The van der Waals surface area contributed by atoms with E-state index < -0.39 is 30.1 Å². The average Bonchev–Trinajstić information content (AvgIpc) is 3.81. The van der Waals surface area contributed by atoms with Crippen LogP contribution in [0, 0.1) is 17.8 Å². The molecule has 2 saturated heterocycles. The van der Waals surface area contributed by atoms with E-state index in [0.717, 1.165) is 50.5 Å². The largest absolute Gasteiger partial charge is 0.456 e. The van der Waals surface area contributed by atoms with Crippen molar-refractivity contribution in [2.45, 2.75) is 87.7 Å². The van der Waals surface area contributed by atoms with Gasteiger partial charge >= 0.3 is 5.97 Å². The summed E-state index contributed by atoms with van der Waals surface area (Å²) in [7, 11) is 0. The van der Waals surface area contributed by atoms with E-state index in [-0.39, 0.29) is 25.5 Å². The van der Waals surface area contributed by atoms with E-state index in [0.29, 0.717) is 41.1 Å². The number of amides is 1. The molecule has 2 N–H and O–H groups in total. The van der Waals surface area contributed by atoms with Gasteiger partial charge in [-0.05, 0) is 68.6 Å². The molecular weight excluding hydrogens is 498 g/mol. The molecule has 39 heavy (non-hydrogen) atoms. The Hall–Kier alpha value is -2.52. The normalized spacial score (nSPS) is 34.6. The van der Waals surface area contributed by atoms with Crippen molar-refractivity contribution in [2.24, 2.45) is 17.8 Å². The van der Waals surface area contributed by atoms with Gasteiger partial charge in [-0.3, -0.25) is 4.79 Å². The third-order valence-corrected chi connectivity index (χ3v) is 9.13. The van der Waals surface area contributed by atoms with E-state index in [4.69, 9.17) is 18.9 Å². The van der Waals surface area contributed by atoms with Crippen molar-refractivity contribution in [3.63, 3.8) is 0 Å². The van der Waals surface area contributed by atoms with Gasteiger partial charge in [-0.15, -0.1) is 0 Å². The second-order valence-corrected chi connectivity index (χ2v) is 12.0. The van der Waals surface area contributed by atoms with Gasteiger partial charge in [0, 0.05) is 30.4 Å². The molecular formula is C31H37NO7. The van der Waals surface area contributed by atoms with E-state index in [2.05, 4.69) is 11.4 Å². The molecule has 0 bridgehead atoms. The van der Waals surface area contributed by atoms with Crippen LogP contribution < -0.4 is 5.32 Å². The quantitative estimate of drug-likeness (QED) is 0.368. The molecule has 0 aromatic heterocycles. The van der Waals surface area contributed by atoms with Gasteiger partial charge in [-0.1, -0.05) is 30.4 Å². The Morgan fingerprint density at radius 1 is 1.05 bits per heavy atom. The molecule has 2 heterocycles. The number of hydrogen-bond donors (Lipinski definition) is 2. The molecule has 6 atom stereocenters. The maximum atomic E-state index is 13.6. The van der Waals surface area contributed by atoms with Crippen LogP contribution in [0.1, 0.15) is 67.3 Å². The molecule has 8 heteroatoms. The van der Waals surface area contributed by atoms with E-state index in [1.54, 1.807) is 6.07 Å². The van der Waals surface area contributed by atoms with Gasteiger partial charge in [-0.2, -0.15) is 0 Å². The van der Waals surface area contributed by atoms with Crippen LogP contribution in [0.2, 0.25) is 0 Å². The van der Waals surface area contributed by atoms with E-state index in [1.165, 1.54) is 0 Å². The molecule has 8 nitrogen and oxygen atoms in total. The average molecular weight is 536 g/mol. The topological polar surface area (TPSA) is 107 Å². The Kier molecular flexibility index (Phi) is 6.62. The van der Waals surface area contributed by atoms with Gasteiger partial charge in [0.1, 0.15) is 18.3 Å². The number of ether oxygens (including phenoxy) is 4. The number of rotatable bonds is 9. The summed E-state index contributed by atoms with van der Waals surface area (Å²) in [5, 5.41) is 11.9. The molecule has 5 fully saturated rings. The zero-order valence-electron chi connectivity index (χ0n) is 22.1. The molecule has 7 rings (SSSR count). The second kappa shape index (κ2) is 10.1. The monoisotopic (exact) mass is 535 g/mol. The van der Waals surface area contributed by atoms with Crippen LogP contribution >= 0.6 is 0 Å². The first kappa shape index (κ1) is 25.4. The van der Waals surface area contributed by atoms with Crippen molar-refractivity contribution >= 4 is 18.0 Å². The Morgan fingerprint density at radius 2 is 1.85 bits per heavy atom. The highest BCUT2D eigenvalue weighted by molar-refractivity contribution is 5.95. The molecule has 1 amide bonds. The molecule has 2 aliphatic heterocycles. The number of benzene rings is 1. The number of aliphatic hydroxyl groups is 1. The molecule has 208 valence electrons. The number of hydrogen-bond acceptors (Lipinski definition) is 7. The molecule has 0 spiro atoms. The number of allylic oxidation sites excluding steroid dienone is 1. The standard InChI is InChI=1S/C31H37NO7/c33-14-13-32-29(34)20-16-26(28-27(17-20)38-31(39-28,21-8-9-21)22-10-11-22)37-30(35)23-4-2-1-3-19(23)7-5-18-6-12-24-25(15-18)36-24/h1-5,7,17-18,21-22,24-28,33H,6,8-16H2,(H,32,34). The summed E-state index contributed by atoms with van der Waals surface area (Å²) in [5.41, 5.74) is 1.82. The van der Waals surface area contributed by atoms with Crippen molar-refractivity contribution in [3.8, 4) is 0 Å². The van der Waals surface area contributed by atoms with Gasteiger partial charge in [0.2, 0.25) is 5.91 Å². The van der Waals surface area contributed by atoms with Crippen LogP contribution in [0.25, 0.3) is 6.08 Å². The Balaban J connectivity index is 1.11. The summed E-state index contributed by atoms with van der Waals surface area (Å²) in [5.74, 6) is -0.185. The fourth-order valence-corrected chi connectivity index (χ4v) is 6.73. The highest BCUT2D eigenvalue weighted by Gasteiger charge is 2.64. The van der Waals surface area contributed by atoms with E-state index in [9.17, 15) is 14.7 Å². The first-order chi connectivity index (χ1) is 19.0. The van der Waals surface area contributed by atoms with Crippen LogP contribution in [-0.4, -0.2) is 66.4 Å². The van der Waals surface area contributed by atoms with Crippen molar-refractivity contribution in [1.82, 2.24) is 5.32 Å². The Morgan fingerprint density at radius 3 is 2.59 bits per heavy atom. The lowest BCUT2D eigenvalue weighted by Crippen LogP contribution is -2.44. The number of fused-ring (bicyclic) bond motifs is 2. The van der Waals surface area contributed by atoms with Gasteiger partial charge in [0.15, 0.2) is 5.79 Å². The summed E-state index contributed by atoms with van der Waals surface area (Å²) in [6, 6.07) is 7.49. The predicted molar refractivity (Wildman–Crippen MR) is 141 cm³/mol. The third kappa shape index (κ3) is 5.08. The van der Waals surface area contributed by atoms with Gasteiger partial charge in [0.05, 0.1) is 24.4 Å². The fourth-order valence-electron chi connectivity index (χ4n) is 6.73. The van der Waals surface area contributed by atoms with Crippen LogP contribution in [-0.2, 0) is 23.7 Å². The van der Waals surface area contributed by atoms with Gasteiger partial charge < -0.3 is 29.4 Å². The predicted octanol–water partition coefficient (Wildman–Crippen LogP) is 3.53. The van der Waals surface area contributed by atoms with Crippen LogP contribution in [0.5, 0.6) is 0 Å². The summed E-state index contributed by atoms with van der Waals surface area (Å²) in [6.45, 7) is 0.0173. The zero-order chi connectivity index (χ0) is 26.6. The second-order valence-electron chi connectivity index (χ2n) is 12.0. The maximum absolute atomic E-state index is 13.6. The molecule has 6 aliphatic rings. The molecule has 4 aliphatic carbocycles. The van der Waals surface area contributed by atoms with Crippen molar-refractivity contribution in [2.75, 3.05) is 13.2 Å². The number of esters is 1. The van der Waals surface area contributed by atoms with Crippen LogP contribution in [0.4, 0.5) is 0 Å². The van der Waals surface area contributed by atoms with Gasteiger partial charge in [-0.25, -0.2) is 4.79 Å². The number of carbonyl (C=O) groups excluding carboxylic acids is 2. The first-order valence-corrected chi connectivity index (χ1v) is 14.6. The molecule has 3 saturated carbocycles. The molecule has 1 aromatic carbocycles. The lowest BCUT2D eigenvalue weighted by atomic mass is 9.88. The van der Waals surface area contributed by atoms with Crippen molar-refractivity contribution < 1.29 is 33.6 Å². The minimum atomic E-state index is -0.652. The summed E-state index contributed by atoms with van der Waals surface area (Å²) < 4.78 is 25.1. The van der Waals surface area contributed by atoms with Crippen molar-refractivity contribution in [3.05, 3.63) is 53.1 Å². The molecule has 0 radical (unpaired) electrons. The van der Waals surface area contributed by atoms with Crippen LogP contribution in [0.3, 0.4) is 0 Å². The summed E-state index contributed by atoms with van der Waals surface area (Å²) in [6.07, 6.45) is 13.1. The Bertz CT molecular complexity index is 1170. The smallest absolute Gasteiger partial charge is 0.339 e. The SMILES string of the molecule is O=C(NCCO)C1=CC2OC(C3CC3)(C3CC3)OC2C(OC(=O)c2ccccc2C=CC2CCC3OC3C2)C1. The minimum absolute atomic E-state index is 0.144. The van der Waals surface area contributed by atoms with Gasteiger partial charge in [0.25, 0.3) is 0 Å². The fraction of sp³-hybridized carbons (Fsp3) is 0.613. The summed E-state index contributed by atoms with van der Waals surface area (Å²) in [4.78, 5) is 26.5. The minimum Gasteiger partial charge on any atom is -0.456 e. The van der Waals surface area contributed by atoms with Crippen molar-refractivity contribution in [1.29, 1.82) is 0 Å². The number of nitrogens with one attached hydrogen (secondary N) is 1. The third-order valence-electron chi connectivity index (χ3n) is 9.13. The number of carbonyl (C=O) groups is 2. The molecule has 1 aromatic rings. The lowest BCUT2D eigenvalue weighted by molar-refractivity contribution is -0.209. The first-order valence-electron chi connectivity index (χ1n) is 14.6. The van der Waals surface area contributed by atoms with E-state index >= 15 is 0 Å². The maximum Gasteiger partial charge on any atom is 0.339 e. The lowest BCUT2D eigenvalue weighted by Gasteiger charge is -2.31. The molecule has 6 unspecified atom stereocenters. The van der Waals surface area contributed by atoms with E-state index in [1.807, 2.05) is 30.4 Å². The van der Waals surface area contributed by atoms with Crippen LogP contribution in [0.15, 0.2) is 42.0 Å². The number of epoxide rings is 1. The summed E-state index contributed by atoms with van der Waals surface area (Å²) >= 11 is 0. The zero-order valence-corrected chi connectivity index (χ0v) is 22.1. The highest BCUT2D eigenvalue weighted by atomic mass is 16.8.